The van der Waals surface area contributed by atoms with Gasteiger partial charge >= 0.3 is 0 Å². The molecule has 0 spiro atoms. The smallest absolute Gasteiger partial charge is 0.273 e. The number of carbonyl (C=O) groups is 3. The third kappa shape index (κ3) is 3.73. The molecule has 0 aliphatic carbocycles. The van der Waals surface area contributed by atoms with Crippen molar-refractivity contribution < 1.29 is 14.4 Å². The molecule has 1 atom stereocenters. The zero-order valence-electron chi connectivity index (χ0n) is 13.6. The number of hydrogen-bond donors (Lipinski definition) is 2. The molecule has 9 heteroatoms. The zero-order chi connectivity index (χ0) is 17.1. The van der Waals surface area contributed by atoms with Gasteiger partial charge in [0.1, 0.15) is 5.69 Å². The zero-order valence-corrected chi connectivity index (χ0v) is 14.4. The van der Waals surface area contributed by atoms with E-state index < -0.39 is 0 Å². The number of hydrogen-bond acceptors (Lipinski definition) is 6. The van der Waals surface area contributed by atoms with Crippen molar-refractivity contribution in [2.75, 3.05) is 38.0 Å². The van der Waals surface area contributed by atoms with Crippen molar-refractivity contribution in [3.8, 4) is 0 Å². The summed E-state index contributed by atoms with van der Waals surface area (Å²) in [5, 5.41) is 7.74. The van der Waals surface area contributed by atoms with Gasteiger partial charge in [-0.15, -0.1) is 11.3 Å². The minimum Gasteiger partial charge on any atom is -0.336 e. The van der Waals surface area contributed by atoms with Crippen molar-refractivity contribution in [3.05, 3.63) is 11.1 Å². The van der Waals surface area contributed by atoms with Crippen LogP contribution in [0, 0.1) is 0 Å². The van der Waals surface area contributed by atoms with Gasteiger partial charge in [-0.2, -0.15) is 0 Å². The Morgan fingerprint density at radius 2 is 2.25 bits per heavy atom. The molecule has 2 fully saturated rings. The highest BCUT2D eigenvalue weighted by Crippen LogP contribution is 2.21. The highest BCUT2D eigenvalue weighted by atomic mass is 32.1. The maximum absolute atomic E-state index is 12.7. The van der Waals surface area contributed by atoms with E-state index in [0.717, 1.165) is 19.4 Å². The number of likely N-dealkylation sites (tertiary alicyclic amines) is 1. The predicted molar refractivity (Wildman–Crippen MR) is 89.9 cm³/mol. The Labute approximate surface area is 144 Å². The molecule has 1 aromatic rings. The highest BCUT2D eigenvalue weighted by molar-refractivity contribution is 7.14. The number of anilines is 1. The van der Waals surface area contributed by atoms with Gasteiger partial charge in [0.05, 0.1) is 6.54 Å². The number of aromatic nitrogens is 1. The van der Waals surface area contributed by atoms with Crippen LogP contribution in [-0.4, -0.2) is 71.3 Å². The van der Waals surface area contributed by atoms with Gasteiger partial charge in [-0.1, -0.05) is 0 Å². The molecule has 0 bridgehead atoms. The summed E-state index contributed by atoms with van der Waals surface area (Å²) in [6.07, 6.45) is 1.79. The number of piperidine rings is 1. The van der Waals surface area contributed by atoms with Crippen molar-refractivity contribution in [3.63, 3.8) is 0 Å². The number of carbonyl (C=O) groups excluding carboxylic acids is 3. The van der Waals surface area contributed by atoms with Gasteiger partial charge in [-0.25, -0.2) is 4.98 Å². The van der Waals surface area contributed by atoms with E-state index >= 15 is 0 Å². The Balaban J connectivity index is 1.65. The summed E-state index contributed by atoms with van der Waals surface area (Å²) in [6, 6.07) is 0.0748. The van der Waals surface area contributed by atoms with E-state index in [1.165, 1.54) is 18.3 Å². The summed E-state index contributed by atoms with van der Waals surface area (Å²) in [5.74, 6) is -0.254. The molecule has 0 saturated carbocycles. The Hall–Kier alpha value is -2.00. The van der Waals surface area contributed by atoms with E-state index in [1.807, 2.05) is 4.90 Å². The maximum atomic E-state index is 12.7. The molecule has 0 aromatic carbocycles. The molecule has 2 aliphatic heterocycles. The molecule has 0 radical (unpaired) electrons. The number of rotatable bonds is 3. The fourth-order valence-corrected chi connectivity index (χ4v) is 3.87. The number of nitrogens with zero attached hydrogens (tertiary/aromatic N) is 3. The van der Waals surface area contributed by atoms with Crippen LogP contribution in [0.1, 0.15) is 30.3 Å². The van der Waals surface area contributed by atoms with E-state index in [9.17, 15) is 14.4 Å². The lowest BCUT2D eigenvalue weighted by molar-refractivity contribution is -0.135. The van der Waals surface area contributed by atoms with E-state index in [2.05, 4.69) is 15.6 Å². The second kappa shape index (κ2) is 7.27. The lowest BCUT2D eigenvalue weighted by Crippen LogP contribution is -2.57. The van der Waals surface area contributed by atoms with Crippen molar-refractivity contribution in [2.24, 2.45) is 0 Å². The first kappa shape index (κ1) is 16.8. The van der Waals surface area contributed by atoms with Gasteiger partial charge in [0.25, 0.3) is 5.91 Å². The van der Waals surface area contributed by atoms with Crippen LogP contribution in [0.15, 0.2) is 5.38 Å². The molecule has 24 heavy (non-hydrogen) atoms. The summed E-state index contributed by atoms with van der Waals surface area (Å²) >= 11 is 1.24. The second-order valence-electron chi connectivity index (χ2n) is 6.03. The second-order valence-corrected chi connectivity index (χ2v) is 6.89. The van der Waals surface area contributed by atoms with Crippen molar-refractivity contribution >= 4 is 34.2 Å². The summed E-state index contributed by atoms with van der Waals surface area (Å²) in [6.45, 7) is 4.47. The average molecular weight is 351 g/mol. The van der Waals surface area contributed by atoms with Gasteiger partial charge in [0.2, 0.25) is 11.8 Å². The fraction of sp³-hybridized carbons (Fsp3) is 0.600. The first-order valence-electron chi connectivity index (χ1n) is 8.07. The van der Waals surface area contributed by atoms with Crippen LogP contribution in [0.2, 0.25) is 0 Å². The van der Waals surface area contributed by atoms with E-state index in [1.54, 1.807) is 10.3 Å². The topological polar surface area (TPSA) is 94.6 Å². The average Bonchev–Trinajstić information content (AvgIpc) is 3.02. The first-order valence-corrected chi connectivity index (χ1v) is 8.95. The number of piperazine rings is 1. The fourth-order valence-electron chi connectivity index (χ4n) is 3.14. The summed E-state index contributed by atoms with van der Waals surface area (Å²) < 4.78 is 0. The molecule has 3 amide bonds. The Bertz CT molecular complexity index is 647. The summed E-state index contributed by atoms with van der Waals surface area (Å²) in [4.78, 5) is 43.6. The maximum Gasteiger partial charge on any atom is 0.273 e. The van der Waals surface area contributed by atoms with Gasteiger partial charge in [0.15, 0.2) is 5.13 Å². The Morgan fingerprint density at radius 1 is 1.42 bits per heavy atom. The molecule has 2 saturated heterocycles. The number of nitrogens with one attached hydrogen (secondary N) is 2. The first-order chi connectivity index (χ1) is 11.5. The van der Waals surface area contributed by atoms with E-state index in [0.29, 0.717) is 37.0 Å². The van der Waals surface area contributed by atoms with Crippen LogP contribution < -0.4 is 10.6 Å². The monoisotopic (exact) mass is 351 g/mol. The van der Waals surface area contributed by atoms with Crippen LogP contribution >= 0.6 is 11.3 Å². The van der Waals surface area contributed by atoms with Crippen LogP contribution in [0.3, 0.4) is 0 Å². The van der Waals surface area contributed by atoms with Crippen molar-refractivity contribution in [1.82, 2.24) is 20.1 Å². The molecular formula is C15H21N5O3S. The van der Waals surface area contributed by atoms with Crippen molar-refractivity contribution in [1.29, 1.82) is 0 Å². The van der Waals surface area contributed by atoms with Gasteiger partial charge in [-0.05, 0) is 12.8 Å². The lowest BCUT2D eigenvalue weighted by Gasteiger charge is -2.40. The van der Waals surface area contributed by atoms with Crippen LogP contribution in [0.5, 0.6) is 0 Å². The van der Waals surface area contributed by atoms with E-state index in [-0.39, 0.29) is 23.8 Å². The third-order valence-electron chi connectivity index (χ3n) is 4.26. The molecule has 130 valence electrons. The number of amides is 3. The van der Waals surface area contributed by atoms with Crippen LogP contribution in [-0.2, 0) is 9.59 Å². The molecule has 1 unspecified atom stereocenters. The molecule has 8 nitrogen and oxygen atoms in total. The summed E-state index contributed by atoms with van der Waals surface area (Å²) in [7, 11) is 0. The molecule has 2 N–H and O–H groups in total. The highest BCUT2D eigenvalue weighted by Gasteiger charge is 2.32. The number of thiazole rings is 1. The normalized spacial score (nSPS) is 21.7. The molecular weight excluding hydrogens is 330 g/mol. The van der Waals surface area contributed by atoms with Crippen LogP contribution in [0.4, 0.5) is 5.13 Å². The standard InChI is InChI=1S/C15H21N5O3S/c1-10(21)17-15-18-12(9-24-15)14(23)19-5-2-3-11(8-19)20-6-4-16-7-13(20)22/h9,11,16H,2-8H2,1H3,(H,17,18,21). The Morgan fingerprint density at radius 3 is 3.00 bits per heavy atom. The quantitative estimate of drug-likeness (QED) is 0.808. The van der Waals surface area contributed by atoms with Gasteiger partial charge < -0.3 is 20.4 Å². The minimum atomic E-state index is -0.210. The predicted octanol–water partition coefficient (Wildman–Crippen LogP) is 0.138. The lowest BCUT2D eigenvalue weighted by atomic mass is 10.0. The van der Waals surface area contributed by atoms with Gasteiger partial charge in [-0.3, -0.25) is 14.4 Å². The van der Waals surface area contributed by atoms with Gasteiger partial charge in [0, 0.05) is 44.5 Å². The Kier molecular flexibility index (Phi) is 5.10. The van der Waals surface area contributed by atoms with Crippen molar-refractivity contribution in [2.45, 2.75) is 25.8 Å². The third-order valence-corrected chi connectivity index (χ3v) is 5.01. The molecule has 2 aliphatic rings. The van der Waals surface area contributed by atoms with E-state index in [4.69, 9.17) is 0 Å². The molecule has 3 rings (SSSR count). The largest absolute Gasteiger partial charge is 0.336 e. The minimum absolute atomic E-state index is 0.0748. The molecule has 3 heterocycles. The summed E-state index contributed by atoms with van der Waals surface area (Å²) in [5.41, 5.74) is 0.344. The SMILES string of the molecule is CC(=O)Nc1nc(C(=O)N2CCCC(N3CCNCC3=O)C2)cs1. The molecule has 1 aromatic heterocycles. The van der Waals surface area contributed by atoms with Crippen LogP contribution in [0.25, 0.3) is 0 Å².